The molecule has 8 heteroatoms. The topological polar surface area (TPSA) is 98.0 Å². The van der Waals surface area contributed by atoms with Crippen molar-refractivity contribution in [3.63, 3.8) is 0 Å². The van der Waals surface area contributed by atoms with Crippen molar-refractivity contribution in [3.05, 3.63) is 278 Å². The molecule has 6 heterocycles. The molecule has 92 heavy (non-hydrogen) atoms. The molecule has 8 nitrogen and oxygen atoms in total. The molecule has 13 aromatic carbocycles. The van der Waals surface area contributed by atoms with Crippen LogP contribution in [-0.4, -0.2) is 18.3 Å². The lowest BCUT2D eigenvalue weighted by Gasteiger charge is -2.42. The van der Waals surface area contributed by atoms with Gasteiger partial charge in [-0.3, -0.25) is 0 Å². The summed E-state index contributed by atoms with van der Waals surface area (Å²) in [6.45, 7) is 9.68. The maximum absolute atomic E-state index is 7.84. The summed E-state index contributed by atoms with van der Waals surface area (Å²) in [5.74, 6) is 0. The molecule has 0 saturated carbocycles. The Kier molecular flexibility index (Phi) is 10.7. The van der Waals surface area contributed by atoms with Gasteiger partial charge in [-0.15, -0.1) is 0 Å². The molecule has 0 spiro atoms. The van der Waals surface area contributed by atoms with E-state index in [2.05, 4.69) is 313 Å². The molecule has 0 aliphatic carbocycles. The summed E-state index contributed by atoms with van der Waals surface area (Å²) in [5, 5.41) is 13.1. The minimum Gasteiger partial charge on any atom is -0.455 e. The highest BCUT2D eigenvalue weighted by atomic mass is 16.3. The highest BCUT2D eigenvalue weighted by Crippen LogP contribution is 2.59. The van der Waals surface area contributed by atoms with Crippen molar-refractivity contribution < 1.29 is 8.83 Å². The highest BCUT2D eigenvalue weighted by Gasteiger charge is 2.44. The Morgan fingerprint density at radius 1 is 0.272 bits per heavy atom. The molecule has 0 saturated heterocycles. The first-order chi connectivity index (χ1) is 45.1. The lowest BCUT2D eigenvalue weighted by Crippen LogP contribution is -2.35. The zero-order valence-corrected chi connectivity index (χ0v) is 51.2. The molecular formula is C84H60N6O2. The van der Waals surface area contributed by atoms with E-state index in [9.17, 15) is 0 Å². The van der Waals surface area contributed by atoms with Crippen LogP contribution in [0.4, 0.5) is 11.4 Å². The number of hydrogen-bond donors (Lipinski definition) is 2. The molecule has 19 aromatic rings. The van der Waals surface area contributed by atoms with Crippen LogP contribution >= 0.6 is 0 Å². The van der Waals surface area contributed by atoms with Gasteiger partial charge >= 0.3 is 0 Å². The summed E-state index contributed by atoms with van der Waals surface area (Å²) in [4.78, 5) is 0. The first kappa shape index (κ1) is 52.2. The van der Waals surface area contributed by atoms with E-state index in [0.717, 1.165) is 176 Å². The Bertz CT molecular complexity index is 6000. The van der Waals surface area contributed by atoms with Gasteiger partial charge in [0.25, 0.3) is 0 Å². The van der Waals surface area contributed by atoms with Crippen LogP contribution in [0.3, 0.4) is 0 Å². The van der Waals surface area contributed by atoms with Gasteiger partial charge in [-0.05, 0) is 118 Å². The fraction of sp³-hybridized carbons (Fsp3) is 0.0714. The van der Waals surface area contributed by atoms with Gasteiger partial charge < -0.3 is 38.6 Å². The lowest BCUT2D eigenvalue weighted by molar-refractivity contribution is 0.455. The fourth-order valence-corrected chi connectivity index (χ4v) is 16.6. The van der Waals surface area contributed by atoms with Gasteiger partial charge in [0.2, 0.25) is 0 Å². The average molecular weight is 1190 g/mol. The third-order valence-corrected chi connectivity index (χ3v) is 20.2. The van der Waals surface area contributed by atoms with Crippen molar-refractivity contribution in [2.75, 3.05) is 11.5 Å². The number of nitrogens with two attached hydrogens (primary N) is 2. The normalized spacial score (nSPS) is 12.7. The van der Waals surface area contributed by atoms with Crippen molar-refractivity contribution in [2.45, 2.75) is 38.8 Å². The molecule has 0 unspecified atom stereocenters. The van der Waals surface area contributed by atoms with Crippen LogP contribution in [0.15, 0.2) is 276 Å². The van der Waals surface area contributed by atoms with Crippen molar-refractivity contribution in [2.24, 2.45) is 0 Å². The summed E-state index contributed by atoms with van der Waals surface area (Å²) in [5.41, 5.74) is 34.4. The maximum Gasteiger partial charge on any atom is 0.145 e. The van der Waals surface area contributed by atoms with Crippen LogP contribution in [0.1, 0.15) is 38.8 Å². The number of nitrogens with zero attached hydrogens (tertiary/aromatic N) is 4. The molecule has 0 aliphatic rings. The molecule has 0 radical (unpaired) electrons. The Morgan fingerprint density at radius 2 is 0.576 bits per heavy atom. The molecule has 6 aromatic heterocycles. The molecule has 19 rings (SSSR count). The van der Waals surface area contributed by atoms with E-state index < -0.39 is 11.1 Å². The van der Waals surface area contributed by atoms with E-state index in [1.54, 1.807) is 0 Å². The maximum atomic E-state index is 7.84. The van der Waals surface area contributed by atoms with Crippen LogP contribution in [0.5, 0.6) is 0 Å². The van der Waals surface area contributed by atoms with Gasteiger partial charge in [-0.25, -0.2) is 0 Å². The Labute approximate surface area is 528 Å². The second-order valence-electron chi connectivity index (χ2n) is 25.8. The number of anilines is 2. The zero-order valence-electron chi connectivity index (χ0n) is 51.2. The van der Waals surface area contributed by atoms with E-state index in [1.807, 2.05) is 0 Å². The van der Waals surface area contributed by atoms with E-state index in [4.69, 9.17) is 20.3 Å². The van der Waals surface area contributed by atoms with Crippen molar-refractivity contribution in [3.8, 4) is 33.6 Å². The SMILES string of the molecule is CC(C)(c1c(-c2ccccc2N)c(-n2c3ccccc3c3c4oc5ccccc5c4ccc32)c(C(C)(C)n2c3ccccc3c3ccccc32)c(-n2c3ccccc3c3c4oc5ccccc5c4ccc32)c1-c1ccccc1N)n1c2ccccc2c2ccccc21. The van der Waals surface area contributed by atoms with Crippen LogP contribution in [0.25, 0.3) is 165 Å². The van der Waals surface area contributed by atoms with Crippen LogP contribution < -0.4 is 11.5 Å². The summed E-state index contributed by atoms with van der Waals surface area (Å²) >= 11 is 0. The molecule has 0 fully saturated rings. The summed E-state index contributed by atoms with van der Waals surface area (Å²) < 4.78 is 24.7. The minimum atomic E-state index is -0.984. The first-order valence-corrected chi connectivity index (χ1v) is 31.7. The van der Waals surface area contributed by atoms with Gasteiger partial charge in [-0.2, -0.15) is 0 Å². The summed E-state index contributed by atoms with van der Waals surface area (Å²) in [7, 11) is 0. The van der Waals surface area contributed by atoms with Gasteiger partial charge in [0.1, 0.15) is 22.3 Å². The first-order valence-electron chi connectivity index (χ1n) is 31.7. The summed E-state index contributed by atoms with van der Waals surface area (Å²) in [6, 6.07) is 96.3. The predicted octanol–water partition coefficient (Wildman–Crippen LogP) is 22.0. The Hall–Kier alpha value is -11.7. The highest BCUT2D eigenvalue weighted by molar-refractivity contribution is 6.26. The van der Waals surface area contributed by atoms with Crippen molar-refractivity contribution in [1.29, 1.82) is 0 Å². The number of aromatic nitrogens is 4. The van der Waals surface area contributed by atoms with Crippen molar-refractivity contribution in [1.82, 2.24) is 18.3 Å². The molecule has 438 valence electrons. The number of fused-ring (bicyclic) bond motifs is 20. The van der Waals surface area contributed by atoms with Gasteiger partial charge in [0, 0.05) is 115 Å². The number of rotatable bonds is 8. The predicted molar refractivity (Wildman–Crippen MR) is 385 cm³/mol. The van der Waals surface area contributed by atoms with Gasteiger partial charge in [0.05, 0.1) is 55.3 Å². The standard InChI is InChI=1S/C84H60N6O2/c1-83(2,89-65-39-19-7-25-49(65)50-26-8-20-40-66(50)89)77-75(57-31-5-15-35-61(57)85)79(87-63-37-17-11-33-59(63)73-69(87)47-45-55-53-29-13-23-43-71(53)91-81(55)73)78(84(3,4)90-67-41-21-9-27-51(67)52-28-10-22-42-68(52)90)80(76(77)58-32-6-16-36-62(58)86)88-64-38-18-12-34-60(64)74-70(88)48-46-56-54-30-14-24-44-72(54)92-82(56)74/h5-48H,85-86H2,1-4H3. The van der Waals surface area contributed by atoms with E-state index in [0.29, 0.717) is 11.4 Å². The van der Waals surface area contributed by atoms with Gasteiger partial charge in [0.15, 0.2) is 0 Å². The number of para-hydroxylation sites is 10. The molecule has 0 atom stereocenters. The molecule has 4 N–H and O–H groups in total. The Balaban J connectivity index is 1.16. The third kappa shape index (κ3) is 6.90. The minimum absolute atomic E-state index is 0.637. The largest absolute Gasteiger partial charge is 0.455 e. The molecular weight excluding hydrogens is 1120 g/mol. The zero-order chi connectivity index (χ0) is 61.5. The third-order valence-electron chi connectivity index (χ3n) is 20.2. The monoisotopic (exact) mass is 1180 g/mol. The van der Waals surface area contributed by atoms with E-state index in [-0.39, 0.29) is 0 Å². The van der Waals surface area contributed by atoms with Gasteiger partial charge in [-0.1, -0.05) is 182 Å². The lowest BCUT2D eigenvalue weighted by atomic mass is 9.74. The number of nitrogen functional groups attached to an aromatic ring is 2. The Morgan fingerprint density at radius 3 is 0.957 bits per heavy atom. The molecule has 0 bridgehead atoms. The quantitative estimate of drug-likeness (QED) is 0.148. The number of hydrogen-bond acceptors (Lipinski definition) is 4. The molecule has 0 amide bonds. The second kappa shape index (κ2) is 18.9. The van der Waals surface area contributed by atoms with E-state index in [1.165, 1.54) is 0 Å². The van der Waals surface area contributed by atoms with Crippen LogP contribution in [-0.2, 0) is 11.1 Å². The van der Waals surface area contributed by atoms with Crippen LogP contribution in [0, 0.1) is 0 Å². The van der Waals surface area contributed by atoms with E-state index >= 15 is 0 Å². The van der Waals surface area contributed by atoms with Crippen molar-refractivity contribution >= 4 is 142 Å². The summed E-state index contributed by atoms with van der Waals surface area (Å²) in [6.07, 6.45) is 0. The van der Waals surface area contributed by atoms with Crippen LogP contribution in [0.2, 0.25) is 0 Å². The smallest absolute Gasteiger partial charge is 0.145 e. The number of benzene rings is 13. The fourth-order valence-electron chi connectivity index (χ4n) is 16.6. The number of furan rings is 2. The average Bonchev–Trinajstić information content (AvgIpc) is 1.26. The molecule has 0 aliphatic heterocycles. The second-order valence-corrected chi connectivity index (χ2v) is 25.8.